The number of nitrogens with one attached hydrogen (secondary N) is 1. The molecule has 0 bridgehead atoms. The zero-order chi connectivity index (χ0) is 15.7. The van der Waals surface area contributed by atoms with Crippen LogP contribution in [0.25, 0.3) is 10.2 Å². The van der Waals surface area contributed by atoms with Gasteiger partial charge in [-0.15, -0.1) is 11.3 Å². The minimum absolute atomic E-state index is 0.284. The number of carbonyl (C=O) groups is 1. The van der Waals surface area contributed by atoms with Gasteiger partial charge in [0.1, 0.15) is 5.41 Å². The Bertz CT molecular complexity index is 765. The van der Waals surface area contributed by atoms with E-state index in [9.17, 15) is 13.6 Å². The number of hydrogen-bond donors (Lipinski definition) is 1. The summed E-state index contributed by atoms with van der Waals surface area (Å²) in [5.41, 5.74) is 0.426. The fourth-order valence-electron chi connectivity index (χ4n) is 1.94. The highest BCUT2D eigenvalue weighted by Gasteiger charge is 2.50. The van der Waals surface area contributed by atoms with Crippen LogP contribution in [-0.4, -0.2) is 23.1 Å². The number of nitrogens with zero attached hydrogens (tertiary/aromatic N) is 2. The molecule has 1 aromatic heterocycles. The lowest BCUT2D eigenvalue weighted by molar-refractivity contribution is -0.119. The van der Waals surface area contributed by atoms with Crippen LogP contribution in [0.3, 0.4) is 0 Å². The van der Waals surface area contributed by atoms with Crippen molar-refractivity contribution in [3.05, 3.63) is 18.2 Å². The number of benzene rings is 1. The molecule has 1 N–H and O–H groups in total. The van der Waals surface area contributed by atoms with Crippen LogP contribution in [0.4, 0.5) is 14.5 Å². The van der Waals surface area contributed by atoms with E-state index in [0.717, 1.165) is 16.5 Å². The van der Waals surface area contributed by atoms with Gasteiger partial charge in [0, 0.05) is 5.69 Å². The lowest BCUT2D eigenvalue weighted by atomic mass is 10.1. The maximum absolute atomic E-state index is 12.2. The van der Waals surface area contributed by atoms with E-state index in [1.165, 1.54) is 11.3 Å². The van der Waals surface area contributed by atoms with Gasteiger partial charge in [-0.05, 0) is 31.0 Å². The Kier molecular flexibility index (Phi) is 4.02. The normalized spacial score (nSPS) is 15.7. The Labute approximate surface area is 133 Å². The number of hydrogen-bond acceptors (Lipinski definition) is 5. The molecule has 0 radical (unpaired) electrons. The predicted octanol–water partition coefficient (Wildman–Crippen LogP) is 3.90. The highest BCUT2D eigenvalue weighted by atomic mass is 32.2. The zero-order valence-electron chi connectivity index (χ0n) is 11.3. The van der Waals surface area contributed by atoms with Gasteiger partial charge in [0.15, 0.2) is 4.34 Å². The number of thiazole rings is 1. The Morgan fingerprint density at radius 2 is 2.32 bits per heavy atom. The van der Waals surface area contributed by atoms with Crippen molar-refractivity contribution in [2.24, 2.45) is 5.41 Å². The average molecular weight is 339 g/mol. The molecule has 114 valence electrons. The van der Waals surface area contributed by atoms with Crippen LogP contribution in [0.5, 0.6) is 0 Å². The Morgan fingerprint density at radius 3 is 2.95 bits per heavy atom. The van der Waals surface area contributed by atoms with Gasteiger partial charge >= 0.3 is 0 Å². The molecule has 1 saturated carbocycles. The summed E-state index contributed by atoms with van der Waals surface area (Å²) in [6.07, 6.45) is -1.19. The molecular formula is C14H11F2N3OS2. The second-order valence-corrected chi connectivity index (χ2v) is 7.31. The first kappa shape index (κ1) is 15.2. The molecule has 1 aliphatic carbocycles. The maximum Gasteiger partial charge on any atom is 0.248 e. The smallest absolute Gasteiger partial charge is 0.248 e. The number of nitriles is 1. The third-order valence-corrected chi connectivity index (χ3v) is 5.53. The molecule has 0 atom stereocenters. The van der Waals surface area contributed by atoms with Crippen LogP contribution in [0, 0.1) is 16.7 Å². The second-order valence-electron chi connectivity index (χ2n) is 5.01. The van der Waals surface area contributed by atoms with E-state index in [4.69, 9.17) is 5.26 Å². The van der Waals surface area contributed by atoms with Gasteiger partial charge in [0.2, 0.25) is 12.3 Å². The van der Waals surface area contributed by atoms with Gasteiger partial charge < -0.3 is 5.32 Å². The van der Waals surface area contributed by atoms with Crippen molar-refractivity contribution in [3.8, 4) is 6.07 Å². The van der Waals surface area contributed by atoms with Crippen LogP contribution in [0.15, 0.2) is 22.5 Å². The Morgan fingerprint density at radius 1 is 1.55 bits per heavy atom. The van der Waals surface area contributed by atoms with Crippen molar-refractivity contribution in [3.63, 3.8) is 0 Å². The Hall–Kier alpha value is -1.72. The number of carbonyl (C=O) groups excluding carboxylic acids is 1. The van der Waals surface area contributed by atoms with E-state index in [1.807, 2.05) is 6.07 Å². The van der Waals surface area contributed by atoms with Crippen molar-refractivity contribution in [1.82, 2.24) is 4.98 Å². The molecular weight excluding hydrogens is 328 g/mol. The highest BCUT2D eigenvalue weighted by molar-refractivity contribution is 8.01. The number of thioether (sulfide) groups is 1. The molecule has 0 unspecified atom stereocenters. The summed E-state index contributed by atoms with van der Waals surface area (Å²) >= 11 is 2.33. The summed E-state index contributed by atoms with van der Waals surface area (Å²) in [7, 11) is 0. The lowest BCUT2D eigenvalue weighted by Crippen LogP contribution is -2.22. The third kappa shape index (κ3) is 3.05. The van der Waals surface area contributed by atoms with E-state index in [2.05, 4.69) is 10.3 Å². The van der Waals surface area contributed by atoms with Gasteiger partial charge in [-0.3, -0.25) is 4.79 Å². The lowest BCUT2D eigenvalue weighted by Gasteiger charge is -2.07. The van der Waals surface area contributed by atoms with E-state index < -0.39 is 11.8 Å². The first-order valence-electron chi connectivity index (χ1n) is 6.57. The average Bonchev–Trinajstić information content (AvgIpc) is 3.19. The molecule has 2 aromatic rings. The van der Waals surface area contributed by atoms with E-state index in [0.29, 0.717) is 28.4 Å². The zero-order valence-corrected chi connectivity index (χ0v) is 12.9. The summed E-state index contributed by atoms with van der Waals surface area (Å²) < 4.78 is 25.8. The van der Waals surface area contributed by atoms with Gasteiger partial charge in [-0.25, -0.2) is 13.8 Å². The largest absolute Gasteiger partial charge is 0.325 e. The van der Waals surface area contributed by atoms with Crippen molar-refractivity contribution >= 4 is 44.9 Å². The van der Waals surface area contributed by atoms with Gasteiger partial charge in [-0.2, -0.15) is 5.26 Å². The number of fused-ring (bicyclic) bond motifs is 1. The number of anilines is 1. The van der Waals surface area contributed by atoms with Crippen LogP contribution >= 0.6 is 23.1 Å². The fourth-order valence-corrected chi connectivity index (χ4v) is 3.82. The monoisotopic (exact) mass is 339 g/mol. The predicted molar refractivity (Wildman–Crippen MR) is 82.3 cm³/mol. The molecule has 0 spiro atoms. The van der Waals surface area contributed by atoms with Crippen molar-refractivity contribution < 1.29 is 13.6 Å². The number of aromatic nitrogens is 1. The van der Waals surface area contributed by atoms with Crippen LogP contribution < -0.4 is 5.32 Å². The molecule has 8 heteroatoms. The molecule has 1 aromatic carbocycles. The quantitative estimate of drug-likeness (QED) is 0.839. The summed E-state index contributed by atoms with van der Waals surface area (Å²) in [5.74, 6) is -0.570. The SMILES string of the molecule is N#CC1(C(=O)Nc2ccc3nc(SCC(F)F)sc3c2)CC1. The Balaban J connectivity index is 1.75. The summed E-state index contributed by atoms with van der Waals surface area (Å²) in [4.78, 5) is 16.3. The molecule has 1 fully saturated rings. The highest BCUT2D eigenvalue weighted by Crippen LogP contribution is 2.45. The van der Waals surface area contributed by atoms with Crippen molar-refractivity contribution in [2.75, 3.05) is 11.1 Å². The van der Waals surface area contributed by atoms with Crippen LogP contribution in [0.1, 0.15) is 12.8 Å². The number of alkyl halides is 2. The molecule has 1 heterocycles. The summed E-state index contributed by atoms with van der Waals surface area (Å²) in [6, 6.07) is 7.24. The molecule has 1 amide bonds. The molecule has 0 aliphatic heterocycles. The molecule has 1 aliphatic rings. The molecule has 3 rings (SSSR count). The van der Waals surface area contributed by atoms with E-state index in [1.54, 1.807) is 18.2 Å². The van der Waals surface area contributed by atoms with E-state index >= 15 is 0 Å². The number of halogens is 2. The molecule has 4 nitrogen and oxygen atoms in total. The summed E-state index contributed by atoms with van der Waals surface area (Å²) in [6.45, 7) is 0. The second kappa shape index (κ2) is 5.82. The standard InChI is InChI=1S/C14H11F2N3OS2/c15-11(16)6-21-13-19-9-2-1-8(5-10(9)22-13)18-12(20)14(7-17)3-4-14/h1-2,5,11H,3-4,6H2,(H,18,20). The molecule has 0 saturated heterocycles. The van der Waals surface area contributed by atoms with Crippen LogP contribution in [-0.2, 0) is 4.79 Å². The fraction of sp³-hybridized carbons (Fsp3) is 0.357. The maximum atomic E-state index is 12.2. The third-order valence-electron chi connectivity index (χ3n) is 3.36. The topological polar surface area (TPSA) is 65.8 Å². The van der Waals surface area contributed by atoms with Gasteiger partial charge in [-0.1, -0.05) is 11.8 Å². The van der Waals surface area contributed by atoms with E-state index in [-0.39, 0.29) is 11.7 Å². The van der Waals surface area contributed by atoms with Gasteiger partial charge in [0.05, 0.1) is 22.0 Å². The number of rotatable bonds is 5. The van der Waals surface area contributed by atoms with Crippen molar-refractivity contribution in [1.29, 1.82) is 5.26 Å². The molecule has 22 heavy (non-hydrogen) atoms. The first-order chi connectivity index (χ1) is 10.5. The minimum atomic E-state index is -2.37. The first-order valence-corrected chi connectivity index (χ1v) is 8.37. The minimum Gasteiger partial charge on any atom is -0.325 e. The van der Waals surface area contributed by atoms with Gasteiger partial charge in [0.25, 0.3) is 0 Å². The van der Waals surface area contributed by atoms with Crippen molar-refractivity contribution in [2.45, 2.75) is 23.6 Å². The van der Waals surface area contributed by atoms with Crippen LogP contribution in [0.2, 0.25) is 0 Å². The summed E-state index contributed by atoms with van der Waals surface area (Å²) in [5, 5.41) is 11.7. The number of amides is 1.